The van der Waals surface area contributed by atoms with Crippen LogP contribution in [0.3, 0.4) is 0 Å². The standard InChI is InChI=1S/C35H26FN3O4S2/c36-28-17-8-7-14-26(28)22-44-35-38-37-34(45-35)39-31(25-15-9-16-27(20-25)43-21-24-12-5-2-6-13-24)30(32(41)33(39)42)29(40)19-18-23-10-3-1-4-11-23/h1-20,31,41H,21-22H2. The van der Waals surface area contributed by atoms with Gasteiger partial charge in [0.2, 0.25) is 5.13 Å². The van der Waals surface area contributed by atoms with Crippen LogP contribution in [0, 0.1) is 5.82 Å². The van der Waals surface area contributed by atoms with Crippen LogP contribution in [0.25, 0.3) is 6.08 Å². The van der Waals surface area contributed by atoms with E-state index in [4.69, 9.17) is 4.74 Å². The average molecular weight is 636 g/mol. The zero-order valence-corrected chi connectivity index (χ0v) is 25.4. The van der Waals surface area contributed by atoms with Crippen molar-refractivity contribution in [2.24, 2.45) is 0 Å². The smallest absolute Gasteiger partial charge is 0.296 e. The second-order valence-corrected chi connectivity index (χ2v) is 12.2. The molecule has 1 aliphatic rings. The number of benzene rings is 4. The Morgan fingerprint density at radius 3 is 2.47 bits per heavy atom. The monoisotopic (exact) mass is 635 g/mol. The van der Waals surface area contributed by atoms with Crippen molar-refractivity contribution >= 4 is 46.0 Å². The van der Waals surface area contributed by atoms with Gasteiger partial charge in [-0.25, -0.2) is 4.39 Å². The molecule has 0 radical (unpaired) electrons. The molecule has 5 aromatic rings. The van der Waals surface area contributed by atoms with E-state index in [0.717, 1.165) is 22.5 Å². The van der Waals surface area contributed by atoms with E-state index in [1.165, 1.54) is 28.8 Å². The van der Waals surface area contributed by atoms with E-state index in [1.807, 2.05) is 60.7 Å². The summed E-state index contributed by atoms with van der Waals surface area (Å²) in [6.45, 7) is 0.323. The van der Waals surface area contributed by atoms with E-state index in [9.17, 15) is 19.1 Å². The van der Waals surface area contributed by atoms with Crippen LogP contribution in [0.15, 0.2) is 131 Å². The first-order chi connectivity index (χ1) is 22.0. The maximum Gasteiger partial charge on any atom is 0.296 e. The maximum absolute atomic E-state index is 14.2. The minimum Gasteiger partial charge on any atom is -0.503 e. The molecule has 10 heteroatoms. The van der Waals surface area contributed by atoms with Crippen molar-refractivity contribution in [2.45, 2.75) is 22.7 Å². The summed E-state index contributed by atoms with van der Waals surface area (Å²) >= 11 is 2.40. The lowest BCUT2D eigenvalue weighted by Gasteiger charge is -2.24. The van der Waals surface area contributed by atoms with E-state index in [1.54, 1.807) is 48.5 Å². The Morgan fingerprint density at radius 1 is 0.956 bits per heavy atom. The van der Waals surface area contributed by atoms with Crippen molar-refractivity contribution in [3.8, 4) is 5.75 Å². The van der Waals surface area contributed by atoms with Crippen LogP contribution in [0.1, 0.15) is 28.3 Å². The van der Waals surface area contributed by atoms with Crippen molar-refractivity contribution in [1.29, 1.82) is 0 Å². The predicted molar refractivity (Wildman–Crippen MR) is 173 cm³/mol. The molecule has 1 atom stereocenters. The van der Waals surface area contributed by atoms with E-state index in [2.05, 4.69) is 10.2 Å². The molecule has 1 amide bonds. The van der Waals surface area contributed by atoms with Crippen LogP contribution in [0.5, 0.6) is 5.75 Å². The lowest BCUT2D eigenvalue weighted by Crippen LogP contribution is -2.30. The molecule has 0 saturated carbocycles. The van der Waals surface area contributed by atoms with Gasteiger partial charge in [0.25, 0.3) is 5.91 Å². The molecular weight excluding hydrogens is 610 g/mol. The minimum absolute atomic E-state index is 0.0804. The van der Waals surface area contributed by atoms with Crippen LogP contribution in [-0.4, -0.2) is 27.0 Å². The topological polar surface area (TPSA) is 92.6 Å². The van der Waals surface area contributed by atoms with Crippen LogP contribution < -0.4 is 9.64 Å². The SMILES string of the molecule is O=C(C=Cc1ccccc1)C1=C(O)C(=O)N(c2nnc(SCc3ccccc3F)s2)C1c1cccc(OCc2ccccc2)c1. The fraction of sp³-hybridized carbons (Fsp3) is 0.0857. The summed E-state index contributed by atoms with van der Waals surface area (Å²) in [5.74, 6) is -1.42. The molecule has 1 aromatic heterocycles. The van der Waals surface area contributed by atoms with Crippen molar-refractivity contribution in [1.82, 2.24) is 10.2 Å². The summed E-state index contributed by atoms with van der Waals surface area (Å²) in [5, 5.41) is 19.8. The highest BCUT2D eigenvalue weighted by molar-refractivity contribution is 8.00. The third kappa shape index (κ3) is 6.87. The summed E-state index contributed by atoms with van der Waals surface area (Å²) < 4.78 is 20.7. The second kappa shape index (κ2) is 13.7. The van der Waals surface area contributed by atoms with Crippen LogP contribution in [-0.2, 0) is 21.9 Å². The third-order valence-corrected chi connectivity index (χ3v) is 9.14. The quantitative estimate of drug-likeness (QED) is 0.0902. The largest absolute Gasteiger partial charge is 0.503 e. The molecule has 0 fully saturated rings. The minimum atomic E-state index is -0.997. The van der Waals surface area contributed by atoms with Crippen molar-refractivity contribution < 1.29 is 23.8 Å². The Morgan fingerprint density at radius 2 is 1.69 bits per heavy atom. The number of anilines is 1. The summed E-state index contributed by atoms with van der Waals surface area (Å²) in [5.41, 5.74) is 2.75. The van der Waals surface area contributed by atoms with E-state index in [-0.39, 0.29) is 16.5 Å². The Bertz CT molecular complexity index is 1890. The fourth-order valence-electron chi connectivity index (χ4n) is 4.82. The first-order valence-electron chi connectivity index (χ1n) is 14.0. The number of carbonyl (C=O) groups is 2. The Labute approximate surface area is 267 Å². The van der Waals surface area contributed by atoms with Crippen molar-refractivity contribution in [3.05, 3.63) is 155 Å². The molecule has 1 N–H and O–H groups in total. The van der Waals surface area contributed by atoms with Gasteiger partial charge in [-0.05, 0) is 46.5 Å². The zero-order valence-electron chi connectivity index (χ0n) is 23.7. The normalized spacial score (nSPS) is 14.8. The number of hydrogen-bond acceptors (Lipinski definition) is 8. The number of ketones is 1. The molecule has 0 aliphatic carbocycles. The fourth-order valence-corrected chi connectivity index (χ4v) is 6.68. The highest BCUT2D eigenvalue weighted by Gasteiger charge is 2.45. The van der Waals surface area contributed by atoms with E-state index < -0.39 is 23.5 Å². The maximum atomic E-state index is 14.2. The second-order valence-electron chi connectivity index (χ2n) is 10.0. The number of aliphatic hydroxyl groups is 1. The van der Waals surface area contributed by atoms with Gasteiger partial charge >= 0.3 is 0 Å². The summed E-state index contributed by atoms with van der Waals surface area (Å²) in [4.78, 5) is 28.5. The highest BCUT2D eigenvalue weighted by atomic mass is 32.2. The number of ether oxygens (including phenoxy) is 1. The molecule has 7 nitrogen and oxygen atoms in total. The number of hydrogen-bond donors (Lipinski definition) is 1. The number of thioether (sulfide) groups is 1. The molecule has 0 spiro atoms. The first-order valence-corrected chi connectivity index (χ1v) is 15.8. The van der Waals surface area contributed by atoms with Gasteiger partial charge in [-0.15, -0.1) is 10.2 Å². The van der Waals surface area contributed by atoms with E-state index in [0.29, 0.717) is 33.6 Å². The van der Waals surface area contributed by atoms with Crippen molar-refractivity contribution in [3.63, 3.8) is 0 Å². The summed E-state index contributed by atoms with van der Waals surface area (Å²) in [7, 11) is 0. The summed E-state index contributed by atoms with van der Waals surface area (Å²) in [6, 6.07) is 31.5. The van der Waals surface area contributed by atoms with Gasteiger partial charge in [0, 0.05) is 5.75 Å². The number of carbonyl (C=O) groups excluding carboxylic acids is 2. The van der Waals surface area contributed by atoms with Gasteiger partial charge < -0.3 is 9.84 Å². The Balaban J connectivity index is 1.32. The van der Waals surface area contributed by atoms with Crippen LogP contribution in [0.2, 0.25) is 0 Å². The van der Waals surface area contributed by atoms with E-state index >= 15 is 0 Å². The van der Waals surface area contributed by atoms with Gasteiger partial charge in [0.05, 0.1) is 11.6 Å². The van der Waals surface area contributed by atoms with Crippen molar-refractivity contribution in [2.75, 3.05) is 4.90 Å². The van der Waals surface area contributed by atoms with Gasteiger partial charge in [-0.1, -0.05) is 120 Å². The van der Waals surface area contributed by atoms with Gasteiger partial charge in [0.1, 0.15) is 18.2 Å². The third-order valence-electron chi connectivity index (χ3n) is 7.03. The zero-order chi connectivity index (χ0) is 31.2. The Hall–Kier alpha value is -5.06. The molecular formula is C35H26FN3O4S2. The molecule has 45 heavy (non-hydrogen) atoms. The Kier molecular flexibility index (Phi) is 9.14. The molecule has 1 aliphatic heterocycles. The first kappa shape index (κ1) is 30.0. The van der Waals surface area contributed by atoms with Gasteiger partial charge in [0.15, 0.2) is 15.9 Å². The number of aliphatic hydroxyl groups excluding tert-OH is 1. The molecule has 0 bridgehead atoms. The average Bonchev–Trinajstić information content (AvgIpc) is 3.65. The number of allylic oxidation sites excluding steroid dienone is 1. The molecule has 224 valence electrons. The van der Waals surface area contributed by atoms with Gasteiger partial charge in [-0.3, -0.25) is 14.5 Å². The van der Waals surface area contributed by atoms with Crippen LogP contribution >= 0.6 is 23.1 Å². The number of aromatic nitrogens is 2. The molecule has 2 heterocycles. The summed E-state index contributed by atoms with van der Waals surface area (Å²) in [6.07, 6.45) is 2.98. The molecule has 6 rings (SSSR count). The number of rotatable bonds is 11. The number of halogens is 1. The molecule has 4 aromatic carbocycles. The molecule has 1 unspecified atom stereocenters. The molecule has 0 saturated heterocycles. The van der Waals surface area contributed by atoms with Crippen LogP contribution in [0.4, 0.5) is 9.52 Å². The number of amides is 1. The predicted octanol–water partition coefficient (Wildman–Crippen LogP) is 7.73. The lowest BCUT2D eigenvalue weighted by atomic mass is 9.95. The highest BCUT2D eigenvalue weighted by Crippen LogP contribution is 2.44. The lowest BCUT2D eigenvalue weighted by molar-refractivity contribution is -0.117. The van der Waals surface area contributed by atoms with Gasteiger partial charge in [-0.2, -0.15) is 0 Å². The number of nitrogens with zero attached hydrogens (tertiary/aromatic N) is 3.